The maximum atomic E-state index is 13.8. The summed E-state index contributed by atoms with van der Waals surface area (Å²) in [7, 11) is 1.52. The molecule has 0 radical (unpaired) electrons. The molecule has 9 heteroatoms. The SMILES string of the molecule is CN(Cc1ccccc1F)C(=O)C1CC(=O)N(c2ccc(F)c([N+](=O)[O-])c2)C1. The summed E-state index contributed by atoms with van der Waals surface area (Å²) in [6.07, 6.45) is -0.0778. The van der Waals surface area contributed by atoms with Crippen LogP contribution in [0.2, 0.25) is 0 Å². The fraction of sp³-hybridized carbons (Fsp3) is 0.263. The summed E-state index contributed by atoms with van der Waals surface area (Å²) in [4.78, 5) is 37.6. The standard InChI is InChI=1S/C19H17F2N3O4/c1-22(10-12-4-2-3-5-15(12)20)19(26)13-8-18(25)23(11-13)14-6-7-16(21)17(9-14)24(27)28/h2-7,9,13H,8,10-11H2,1H3. The van der Waals surface area contributed by atoms with Crippen LogP contribution in [0.25, 0.3) is 0 Å². The fourth-order valence-corrected chi connectivity index (χ4v) is 3.20. The van der Waals surface area contributed by atoms with E-state index >= 15 is 0 Å². The van der Waals surface area contributed by atoms with Gasteiger partial charge in [-0.2, -0.15) is 4.39 Å². The Kier molecular flexibility index (Phi) is 5.34. The van der Waals surface area contributed by atoms with Crippen LogP contribution in [0.1, 0.15) is 12.0 Å². The summed E-state index contributed by atoms with van der Waals surface area (Å²) in [6.45, 7) is 0.0697. The molecule has 1 unspecified atom stereocenters. The Hall–Kier alpha value is -3.36. The number of nitrogens with zero attached hydrogens (tertiary/aromatic N) is 3. The Labute approximate surface area is 159 Å². The van der Waals surface area contributed by atoms with Crippen LogP contribution in [-0.2, 0) is 16.1 Å². The average molecular weight is 389 g/mol. The van der Waals surface area contributed by atoms with E-state index in [-0.39, 0.29) is 31.1 Å². The molecule has 0 aromatic heterocycles. The van der Waals surface area contributed by atoms with Crippen LogP contribution in [0, 0.1) is 27.7 Å². The zero-order chi connectivity index (χ0) is 20.4. The summed E-state index contributed by atoms with van der Waals surface area (Å²) in [6, 6.07) is 9.24. The van der Waals surface area contributed by atoms with Gasteiger partial charge in [0.1, 0.15) is 5.82 Å². The number of amides is 2. The highest BCUT2D eigenvalue weighted by molar-refractivity contribution is 6.00. The van der Waals surface area contributed by atoms with Crippen LogP contribution in [0.3, 0.4) is 0 Å². The predicted octanol–water partition coefficient (Wildman–Crippen LogP) is 2.88. The number of hydrogen-bond donors (Lipinski definition) is 0. The highest BCUT2D eigenvalue weighted by Gasteiger charge is 2.37. The van der Waals surface area contributed by atoms with Crippen molar-refractivity contribution in [1.82, 2.24) is 4.90 Å². The van der Waals surface area contributed by atoms with E-state index in [0.29, 0.717) is 5.56 Å². The van der Waals surface area contributed by atoms with Gasteiger partial charge in [-0.05, 0) is 18.2 Å². The number of nitro groups is 1. The Morgan fingerprint density at radius 3 is 2.64 bits per heavy atom. The molecule has 28 heavy (non-hydrogen) atoms. The first-order valence-electron chi connectivity index (χ1n) is 8.50. The summed E-state index contributed by atoms with van der Waals surface area (Å²) in [5, 5.41) is 10.9. The van der Waals surface area contributed by atoms with Crippen molar-refractivity contribution in [2.45, 2.75) is 13.0 Å². The molecule has 0 N–H and O–H groups in total. The zero-order valence-corrected chi connectivity index (χ0v) is 15.0. The first kappa shape index (κ1) is 19.4. The van der Waals surface area contributed by atoms with Gasteiger partial charge in [0.05, 0.1) is 16.5 Å². The molecule has 2 aromatic carbocycles. The van der Waals surface area contributed by atoms with Crippen LogP contribution in [0.15, 0.2) is 42.5 Å². The van der Waals surface area contributed by atoms with E-state index in [1.54, 1.807) is 18.2 Å². The molecule has 0 bridgehead atoms. The van der Waals surface area contributed by atoms with Gasteiger partial charge in [-0.15, -0.1) is 0 Å². The Balaban J connectivity index is 1.73. The number of anilines is 1. The van der Waals surface area contributed by atoms with Crippen molar-refractivity contribution in [3.63, 3.8) is 0 Å². The summed E-state index contributed by atoms with van der Waals surface area (Å²) >= 11 is 0. The lowest BCUT2D eigenvalue weighted by Gasteiger charge is -2.22. The highest BCUT2D eigenvalue weighted by atomic mass is 19.1. The van der Waals surface area contributed by atoms with Crippen molar-refractivity contribution in [3.05, 3.63) is 69.8 Å². The van der Waals surface area contributed by atoms with Gasteiger partial charge in [0.25, 0.3) is 0 Å². The van der Waals surface area contributed by atoms with Crippen LogP contribution in [-0.4, -0.2) is 35.2 Å². The van der Waals surface area contributed by atoms with E-state index in [2.05, 4.69) is 0 Å². The van der Waals surface area contributed by atoms with Crippen molar-refractivity contribution in [2.24, 2.45) is 5.92 Å². The summed E-state index contributed by atoms with van der Waals surface area (Å²) in [5.41, 5.74) is -0.226. The lowest BCUT2D eigenvalue weighted by atomic mass is 10.1. The van der Waals surface area contributed by atoms with Gasteiger partial charge in [-0.3, -0.25) is 19.7 Å². The molecule has 2 aromatic rings. The molecule has 3 rings (SSSR count). The number of benzene rings is 2. The van der Waals surface area contributed by atoms with Crippen LogP contribution in [0.5, 0.6) is 0 Å². The number of hydrogen-bond acceptors (Lipinski definition) is 4. The third-order valence-corrected chi connectivity index (χ3v) is 4.65. The van der Waals surface area contributed by atoms with Gasteiger partial charge in [0, 0.05) is 38.2 Å². The minimum absolute atomic E-state index is 0.0159. The normalized spacial score (nSPS) is 16.3. The van der Waals surface area contributed by atoms with Gasteiger partial charge in [0.2, 0.25) is 17.6 Å². The number of halogens is 2. The summed E-state index contributed by atoms with van der Waals surface area (Å²) in [5.74, 6) is -2.83. The predicted molar refractivity (Wildman–Crippen MR) is 96.4 cm³/mol. The number of carbonyl (C=O) groups is 2. The molecule has 0 spiro atoms. The van der Waals surface area contributed by atoms with Gasteiger partial charge in [0.15, 0.2) is 0 Å². The molecule has 2 amide bonds. The molecular formula is C19H17F2N3O4. The second-order valence-corrected chi connectivity index (χ2v) is 6.58. The maximum absolute atomic E-state index is 13.8. The molecule has 1 fully saturated rings. The first-order valence-corrected chi connectivity index (χ1v) is 8.50. The smallest absolute Gasteiger partial charge is 0.306 e. The Morgan fingerprint density at radius 1 is 1.25 bits per heavy atom. The molecule has 1 aliphatic rings. The van der Waals surface area contributed by atoms with Crippen molar-refractivity contribution in [2.75, 3.05) is 18.5 Å². The van der Waals surface area contributed by atoms with E-state index in [0.717, 1.165) is 12.1 Å². The van der Waals surface area contributed by atoms with E-state index in [1.165, 1.54) is 29.0 Å². The molecule has 1 heterocycles. The Morgan fingerprint density at radius 2 is 1.96 bits per heavy atom. The van der Waals surface area contributed by atoms with Crippen LogP contribution >= 0.6 is 0 Å². The number of rotatable bonds is 5. The van der Waals surface area contributed by atoms with E-state index < -0.39 is 34.1 Å². The molecule has 1 saturated heterocycles. The van der Waals surface area contributed by atoms with Gasteiger partial charge in [-0.1, -0.05) is 18.2 Å². The first-order chi connectivity index (χ1) is 13.3. The molecule has 146 valence electrons. The van der Waals surface area contributed by atoms with Gasteiger partial charge in [-0.25, -0.2) is 4.39 Å². The largest absolute Gasteiger partial charge is 0.341 e. The molecule has 0 aliphatic carbocycles. The van der Waals surface area contributed by atoms with Gasteiger partial charge >= 0.3 is 5.69 Å². The lowest BCUT2D eigenvalue weighted by molar-refractivity contribution is -0.387. The lowest BCUT2D eigenvalue weighted by Crippen LogP contribution is -2.34. The fourth-order valence-electron chi connectivity index (χ4n) is 3.20. The van der Waals surface area contributed by atoms with Crippen molar-refractivity contribution in [1.29, 1.82) is 0 Å². The molecular weight excluding hydrogens is 372 g/mol. The van der Waals surface area contributed by atoms with Crippen molar-refractivity contribution >= 4 is 23.2 Å². The second kappa shape index (κ2) is 7.71. The third-order valence-electron chi connectivity index (χ3n) is 4.65. The molecule has 0 saturated carbocycles. The number of nitro benzene ring substituents is 1. The third kappa shape index (κ3) is 3.83. The number of carbonyl (C=O) groups excluding carboxylic acids is 2. The van der Waals surface area contributed by atoms with E-state index in [1.807, 2.05) is 0 Å². The molecule has 1 atom stereocenters. The Bertz CT molecular complexity index is 951. The highest BCUT2D eigenvalue weighted by Crippen LogP contribution is 2.30. The maximum Gasteiger partial charge on any atom is 0.306 e. The van der Waals surface area contributed by atoms with Crippen LogP contribution in [0.4, 0.5) is 20.2 Å². The van der Waals surface area contributed by atoms with Crippen molar-refractivity contribution in [3.8, 4) is 0 Å². The minimum atomic E-state index is -1.00. The van der Waals surface area contributed by atoms with Gasteiger partial charge < -0.3 is 9.80 Å². The minimum Gasteiger partial charge on any atom is -0.341 e. The van der Waals surface area contributed by atoms with E-state index in [9.17, 15) is 28.5 Å². The van der Waals surface area contributed by atoms with Crippen LogP contribution < -0.4 is 4.90 Å². The average Bonchev–Trinajstić information content (AvgIpc) is 3.04. The summed E-state index contributed by atoms with van der Waals surface area (Å²) < 4.78 is 27.3. The quantitative estimate of drug-likeness (QED) is 0.582. The second-order valence-electron chi connectivity index (χ2n) is 6.58. The van der Waals surface area contributed by atoms with E-state index in [4.69, 9.17) is 0 Å². The monoisotopic (exact) mass is 389 g/mol. The topological polar surface area (TPSA) is 83.8 Å². The molecule has 7 nitrogen and oxygen atoms in total. The van der Waals surface area contributed by atoms with Crippen molar-refractivity contribution < 1.29 is 23.3 Å². The molecule has 1 aliphatic heterocycles. The zero-order valence-electron chi connectivity index (χ0n) is 15.0.